The van der Waals surface area contributed by atoms with Crippen LogP contribution in [0.2, 0.25) is 0 Å². The highest BCUT2D eigenvalue weighted by Crippen LogP contribution is 2.25. The summed E-state index contributed by atoms with van der Waals surface area (Å²) in [5.41, 5.74) is 2.52. The maximum absolute atomic E-state index is 5.32. The zero-order valence-corrected chi connectivity index (χ0v) is 11.7. The van der Waals surface area contributed by atoms with Crippen LogP contribution in [-0.2, 0) is 0 Å². The molecular formula is C15H24N2O. The Morgan fingerprint density at radius 3 is 2.94 bits per heavy atom. The van der Waals surface area contributed by atoms with Crippen LogP contribution in [-0.4, -0.2) is 32.8 Å². The van der Waals surface area contributed by atoms with Crippen LogP contribution in [0.15, 0.2) is 18.2 Å². The summed E-state index contributed by atoms with van der Waals surface area (Å²) < 4.78 is 5.32. The second-order valence-corrected chi connectivity index (χ2v) is 5.01. The van der Waals surface area contributed by atoms with Crippen molar-refractivity contribution in [1.82, 2.24) is 5.32 Å². The van der Waals surface area contributed by atoms with Crippen molar-refractivity contribution >= 4 is 5.69 Å². The van der Waals surface area contributed by atoms with E-state index in [0.29, 0.717) is 6.04 Å². The monoisotopic (exact) mass is 248 g/mol. The number of methoxy groups -OCH3 is 1. The summed E-state index contributed by atoms with van der Waals surface area (Å²) in [5, 5.41) is 3.60. The van der Waals surface area contributed by atoms with E-state index < -0.39 is 0 Å². The normalized spacial score (nSPS) is 20.6. The second-order valence-electron chi connectivity index (χ2n) is 5.01. The lowest BCUT2D eigenvalue weighted by Gasteiger charge is -2.26. The zero-order chi connectivity index (χ0) is 13.0. The van der Waals surface area contributed by atoms with Gasteiger partial charge >= 0.3 is 0 Å². The lowest BCUT2D eigenvalue weighted by molar-refractivity contribution is 0.411. The molecule has 3 nitrogen and oxygen atoms in total. The minimum absolute atomic E-state index is 0.606. The molecule has 1 N–H and O–H groups in total. The smallest absolute Gasteiger partial charge is 0.121 e. The fraction of sp³-hybridized carbons (Fsp3) is 0.600. The second kappa shape index (κ2) is 6.10. The van der Waals surface area contributed by atoms with Gasteiger partial charge in [-0.2, -0.15) is 0 Å². The van der Waals surface area contributed by atoms with Gasteiger partial charge in [-0.3, -0.25) is 0 Å². The molecule has 1 aliphatic heterocycles. The van der Waals surface area contributed by atoms with Gasteiger partial charge < -0.3 is 15.0 Å². The average Bonchev–Trinajstić information content (AvgIpc) is 2.64. The molecule has 0 aromatic heterocycles. The number of benzene rings is 1. The highest BCUT2D eigenvalue weighted by Gasteiger charge is 2.16. The van der Waals surface area contributed by atoms with E-state index in [2.05, 4.69) is 42.3 Å². The summed E-state index contributed by atoms with van der Waals surface area (Å²) >= 11 is 0. The molecule has 100 valence electrons. The number of ether oxygens (including phenoxy) is 1. The Morgan fingerprint density at radius 1 is 1.44 bits per heavy atom. The van der Waals surface area contributed by atoms with Crippen LogP contribution in [0.25, 0.3) is 0 Å². The number of nitrogens with zero attached hydrogens (tertiary/aromatic N) is 1. The minimum Gasteiger partial charge on any atom is -0.496 e. The number of hydrogen-bond donors (Lipinski definition) is 1. The van der Waals surface area contributed by atoms with E-state index in [4.69, 9.17) is 4.74 Å². The predicted molar refractivity (Wildman–Crippen MR) is 76.6 cm³/mol. The van der Waals surface area contributed by atoms with Gasteiger partial charge in [-0.15, -0.1) is 0 Å². The predicted octanol–water partition coefficient (Wildman–Crippen LogP) is 2.58. The van der Waals surface area contributed by atoms with Crippen LogP contribution in [0, 0.1) is 6.92 Å². The topological polar surface area (TPSA) is 24.5 Å². The van der Waals surface area contributed by atoms with Gasteiger partial charge in [0.05, 0.1) is 7.11 Å². The van der Waals surface area contributed by atoms with Gasteiger partial charge in [0.1, 0.15) is 5.75 Å². The molecule has 0 bridgehead atoms. The minimum atomic E-state index is 0.606. The third-order valence-corrected chi connectivity index (χ3v) is 3.71. The van der Waals surface area contributed by atoms with Crippen LogP contribution in [0.4, 0.5) is 5.69 Å². The molecule has 1 fully saturated rings. The fourth-order valence-corrected chi connectivity index (χ4v) is 2.57. The molecule has 0 amide bonds. The van der Waals surface area contributed by atoms with Crippen LogP contribution in [0.1, 0.15) is 25.3 Å². The highest BCUT2D eigenvalue weighted by atomic mass is 16.5. The molecule has 0 radical (unpaired) electrons. The Kier molecular flexibility index (Phi) is 4.48. The lowest BCUT2D eigenvalue weighted by atomic mass is 10.1. The Bertz CT molecular complexity index is 392. The van der Waals surface area contributed by atoms with Crippen molar-refractivity contribution in [2.45, 2.75) is 32.7 Å². The molecule has 1 aromatic rings. The number of hydrogen-bond acceptors (Lipinski definition) is 3. The third kappa shape index (κ3) is 2.96. The van der Waals surface area contributed by atoms with E-state index in [0.717, 1.165) is 25.4 Å². The largest absolute Gasteiger partial charge is 0.496 e. The standard InChI is InChI=1S/C15H24N2O/c1-4-13-11-17(9-5-8-16-13)14-6-7-15(18-3)12(2)10-14/h6-7,10,13,16H,4-5,8-9,11H2,1-3H3. The number of aryl methyl sites for hydroxylation is 1. The van der Waals surface area contributed by atoms with Crippen LogP contribution < -0.4 is 15.0 Å². The first kappa shape index (κ1) is 13.2. The first-order chi connectivity index (χ1) is 8.74. The molecule has 3 heteroatoms. The van der Waals surface area contributed by atoms with Crippen molar-refractivity contribution in [2.24, 2.45) is 0 Å². The quantitative estimate of drug-likeness (QED) is 0.890. The molecule has 0 spiro atoms. The number of nitrogens with one attached hydrogen (secondary N) is 1. The average molecular weight is 248 g/mol. The van der Waals surface area contributed by atoms with E-state index in [1.54, 1.807) is 7.11 Å². The molecule has 0 aliphatic carbocycles. The van der Waals surface area contributed by atoms with Crippen LogP contribution in [0.5, 0.6) is 5.75 Å². The highest BCUT2D eigenvalue weighted by molar-refractivity contribution is 5.53. The molecule has 1 unspecified atom stereocenters. The van der Waals surface area contributed by atoms with Gasteiger partial charge in [0.25, 0.3) is 0 Å². The molecule has 0 saturated carbocycles. The summed E-state index contributed by atoms with van der Waals surface area (Å²) in [6, 6.07) is 7.08. The molecular weight excluding hydrogens is 224 g/mol. The summed E-state index contributed by atoms with van der Waals surface area (Å²) in [6.45, 7) is 7.72. The van der Waals surface area contributed by atoms with Crippen LogP contribution in [0.3, 0.4) is 0 Å². The van der Waals surface area contributed by atoms with Crippen LogP contribution >= 0.6 is 0 Å². The van der Waals surface area contributed by atoms with Crippen molar-refractivity contribution < 1.29 is 4.74 Å². The van der Waals surface area contributed by atoms with E-state index in [-0.39, 0.29) is 0 Å². The molecule has 2 rings (SSSR count). The van der Waals surface area contributed by atoms with E-state index >= 15 is 0 Å². The van der Waals surface area contributed by atoms with Crippen molar-refractivity contribution in [1.29, 1.82) is 0 Å². The number of rotatable bonds is 3. The van der Waals surface area contributed by atoms with E-state index in [1.807, 2.05) is 0 Å². The lowest BCUT2D eigenvalue weighted by Crippen LogP contribution is -2.37. The molecule has 1 heterocycles. The molecule has 1 atom stereocenters. The Labute approximate surface area is 110 Å². The van der Waals surface area contributed by atoms with Gasteiger partial charge in [0.2, 0.25) is 0 Å². The summed E-state index contributed by atoms with van der Waals surface area (Å²) in [6.07, 6.45) is 2.40. The summed E-state index contributed by atoms with van der Waals surface area (Å²) in [7, 11) is 1.73. The van der Waals surface area contributed by atoms with E-state index in [1.165, 1.54) is 24.1 Å². The van der Waals surface area contributed by atoms with Crippen molar-refractivity contribution in [3.63, 3.8) is 0 Å². The number of anilines is 1. The Balaban J connectivity index is 2.16. The maximum Gasteiger partial charge on any atom is 0.121 e. The molecule has 1 saturated heterocycles. The Hall–Kier alpha value is -1.22. The van der Waals surface area contributed by atoms with Gasteiger partial charge in [-0.25, -0.2) is 0 Å². The van der Waals surface area contributed by atoms with Crippen molar-refractivity contribution in [3.05, 3.63) is 23.8 Å². The first-order valence-corrected chi connectivity index (χ1v) is 6.87. The molecule has 1 aromatic carbocycles. The maximum atomic E-state index is 5.32. The Morgan fingerprint density at radius 2 is 2.28 bits per heavy atom. The van der Waals surface area contributed by atoms with Gasteiger partial charge in [-0.05, 0) is 50.1 Å². The third-order valence-electron chi connectivity index (χ3n) is 3.71. The summed E-state index contributed by atoms with van der Waals surface area (Å²) in [5.74, 6) is 0.971. The summed E-state index contributed by atoms with van der Waals surface area (Å²) in [4.78, 5) is 2.49. The van der Waals surface area contributed by atoms with Gasteiger partial charge in [0.15, 0.2) is 0 Å². The van der Waals surface area contributed by atoms with Gasteiger partial charge in [0, 0.05) is 24.8 Å². The van der Waals surface area contributed by atoms with E-state index in [9.17, 15) is 0 Å². The first-order valence-electron chi connectivity index (χ1n) is 6.87. The fourth-order valence-electron chi connectivity index (χ4n) is 2.57. The van der Waals surface area contributed by atoms with Crippen molar-refractivity contribution in [2.75, 3.05) is 31.6 Å². The molecule has 1 aliphatic rings. The SMILES string of the molecule is CCC1CN(c2ccc(OC)c(C)c2)CCCN1. The molecule has 18 heavy (non-hydrogen) atoms. The van der Waals surface area contributed by atoms with Crippen molar-refractivity contribution in [3.8, 4) is 5.75 Å². The van der Waals surface area contributed by atoms with Gasteiger partial charge in [-0.1, -0.05) is 6.92 Å². The zero-order valence-electron chi connectivity index (χ0n) is 11.7.